The normalized spacial score (nSPS) is 14.2. The average Bonchev–Trinajstić information content (AvgIpc) is 3.05. The highest BCUT2D eigenvalue weighted by Gasteiger charge is 2.26. The zero-order valence-electron chi connectivity index (χ0n) is 16.4. The molecule has 4 rings (SSSR count). The Morgan fingerprint density at radius 3 is 2.75 bits per heavy atom. The lowest BCUT2D eigenvalue weighted by Gasteiger charge is -2.32. The summed E-state index contributed by atoms with van der Waals surface area (Å²) in [6.45, 7) is 6.91. The summed E-state index contributed by atoms with van der Waals surface area (Å²) in [6.07, 6.45) is 3.97. The van der Waals surface area contributed by atoms with Gasteiger partial charge in [-0.05, 0) is 66.6 Å². The maximum Gasteiger partial charge on any atom is 0.151 e. The van der Waals surface area contributed by atoms with Crippen molar-refractivity contribution in [2.45, 2.75) is 49.8 Å². The van der Waals surface area contributed by atoms with E-state index in [1.54, 1.807) is 34.2 Å². The third kappa shape index (κ3) is 5.90. The first-order chi connectivity index (χ1) is 13.0. The number of halogens is 1. The van der Waals surface area contributed by atoms with Gasteiger partial charge < -0.3 is 0 Å². The van der Waals surface area contributed by atoms with Crippen molar-refractivity contribution in [3.05, 3.63) is 59.2 Å². The molecule has 1 heterocycles. The van der Waals surface area contributed by atoms with Gasteiger partial charge in [-0.1, -0.05) is 61.5 Å². The van der Waals surface area contributed by atoms with Gasteiger partial charge in [-0.2, -0.15) is 5.26 Å². The Bertz CT molecular complexity index is 927. The van der Waals surface area contributed by atoms with Crippen molar-refractivity contribution >= 4 is 57.5 Å². The highest BCUT2D eigenvalue weighted by molar-refractivity contribution is 8.18. The minimum absolute atomic E-state index is 0. The van der Waals surface area contributed by atoms with Crippen molar-refractivity contribution in [2.24, 2.45) is 0 Å². The van der Waals surface area contributed by atoms with Crippen LogP contribution in [0.15, 0.2) is 46.8 Å². The van der Waals surface area contributed by atoms with Crippen molar-refractivity contribution in [2.75, 3.05) is 5.08 Å². The molecule has 1 aliphatic rings. The predicted molar refractivity (Wildman–Crippen MR) is 128 cm³/mol. The molecule has 28 heavy (non-hydrogen) atoms. The Balaban J connectivity index is 0.000000194. The van der Waals surface area contributed by atoms with Crippen molar-refractivity contribution in [1.29, 1.82) is 5.26 Å². The van der Waals surface area contributed by atoms with Gasteiger partial charge in [0, 0.05) is 0 Å². The topological polar surface area (TPSA) is 36.7 Å². The number of hydrogen-bond acceptors (Lipinski definition) is 5. The molecule has 0 unspecified atom stereocenters. The summed E-state index contributed by atoms with van der Waals surface area (Å²) in [5.74, 6) is 0. The molecule has 3 aromatic rings. The summed E-state index contributed by atoms with van der Waals surface area (Å²) in [5, 5.41) is 11.2. The number of thiocyanates is 1. The van der Waals surface area contributed by atoms with Gasteiger partial charge >= 0.3 is 0 Å². The summed E-state index contributed by atoms with van der Waals surface area (Å²) < 4.78 is 2.24. The number of benzene rings is 2. The van der Waals surface area contributed by atoms with Gasteiger partial charge in [-0.25, -0.2) is 4.98 Å². The minimum atomic E-state index is 0. The number of thiazole rings is 1. The number of thioether (sulfide) groups is 2. The van der Waals surface area contributed by atoms with Crippen molar-refractivity contribution in [3.63, 3.8) is 0 Å². The number of hydrogen-bond donors (Lipinski definition) is 0. The second kappa shape index (κ2) is 10.5. The second-order valence-electron chi connectivity index (χ2n) is 7.34. The van der Waals surface area contributed by atoms with Gasteiger partial charge in [-0.3, -0.25) is 0 Å². The molecular weight excluding hydrogens is 424 g/mol. The molecule has 0 aliphatic heterocycles. The molecule has 0 spiro atoms. The largest absolute Gasteiger partial charge is 0.230 e. The molecule has 0 atom stereocenters. The molecule has 0 saturated carbocycles. The van der Waals surface area contributed by atoms with Gasteiger partial charge in [0.05, 0.1) is 15.3 Å². The number of nitrogens with zero attached hydrogens (tertiary/aromatic N) is 2. The first kappa shape index (κ1) is 23.1. The number of nitriles is 1. The molecule has 0 bridgehead atoms. The number of fused-ring (bicyclic) bond motifs is 2. The van der Waals surface area contributed by atoms with Gasteiger partial charge in [0.15, 0.2) is 4.34 Å². The van der Waals surface area contributed by atoms with Crippen molar-refractivity contribution in [1.82, 2.24) is 4.98 Å². The van der Waals surface area contributed by atoms with Crippen LogP contribution in [0.5, 0.6) is 0 Å². The number of aryl methyl sites for hydroxylation is 2. The van der Waals surface area contributed by atoms with E-state index in [2.05, 4.69) is 50.0 Å². The van der Waals surface area contributed by atoms with Crippen LogP contribution in [0.25, 0.3) is 10.2 Å². The smallest absolute Gasteiger partial charge is 0.151 e. The fraction of sp³-hybridized carbons (Fsp3) is 0.364. The van der Waals surface area contributed by atoms with Crippen LogP contribution >= 0.6 is 47.3 Å². The second-order valence-corrected chi connectivity index (χ2v) is 10.7. The Morgan fingerprint density at radius 2 is 2.00 bits per heavy atom. The first-order valence-corrected chi connectivity index (χ1v) is 11.9. The SMILES string of the molecule is Cc1ccc2c(c1)CCCC2(C)C.Cl.N#CSCSc1nc2ccccc2s1. The molecule has 0 N–H and O–H groups in total. The molecule has 2 aromatic carbocycles. The quantitative estimate of drug-likeness (QED) is 0.179. The monoisotopic (exact) mass is 448 g/mol. The van der Waals surface area contributed by atoms with E-state index >= 15 is 0 Å². The minimum Gasteiger partial charge on any atom is -0.230 e. The zero-order valence-corrected chi connectivity index (χ0v) is 19.7. The maximum absolute atomic E-state index is 8.37. The fourth-order valence-electron chi connectivity index (χ4n) is 3.46. The van der Waals surface area contributed by atoms with Crippen LogP contribution in [0.3, 0.4) is 0 Å². The fourth-order valence-corrected chi connectivity index (χ4v) is 6.11. The van der Waals surface area contributed by atoms with Gasteiger partial charge in [0.25, 0.3) is 0 Å². The van der Waals surface area contributed by atoms with E-state index in [0.29, 0.717) is 5.41 Å². The van der Waals surface area contributed by atoms with E-state index in [-0.39, 0.29) is 12.4 Å². The van der Waals surface area contributed by atoms with Crippen LogP contribution in [-0.4, -0.2) is 10.1 Å². The lowest BCUT2D eigenvalue weighted by atomic mass is 9.72. The Labute approximate surface area is 186 Å². The average molecular weight is 449 g/mol. The highest BCUT2D eigenvalue weighted by Crippen LogP contribution is 2.36. The molecule has 1 aliphatic carbocycles. The van der Waals surface area contributed by atoms with Crippen LogP contribution in [0.4, 0.5) is 0 Å². The van der Waals surface area contributed by atoms with Crippen molar-refractivity contribution < 1.29 is 0 Å². The Morgan fingerprint density at radius 1 is 1.21 bits per heavy atom. The first-order valence-electron chi connectivity index (χ1n) is 9.09. The number of rotatable bonds is 3. The molecule has 0 fully saturated rings. The Kier molecular flexibility index (Phi) is 8.70. The Hall–Kier alpha value is -1.19. The molecule has 0 saturated heterocycles. The van der Waals surface area contributed by atoms with Crippen LogP contribution in [0, 0.1) is 17.6 Å². The van der Waals surface area contributed by atoms with Crippen LogP contribution in [0.1, 0.15) is 43.4 Å². The molecule has 2 nitrogen and oxygen atoms in total. The zero-order chi connectivity index (χ0) is 19.3. The van der Waals surface area contributed by atoms with Gasteiger partial charge in [0.1, 0.15) is 5.40 Å². The van der Waals surface area contributed by atoms with Crippen LogP contribution in [-0.2, 0) is 11.8 Å². The number of para-hydroxylation sites is 1. The van der Waals surface area contributed by atoms with E-state index in [9.17, 15) is 0 Å². The van der Waals surface area contributed by atoms with E-state index in [1.165, 1.54) is 41.3 Å². The van der Waals surface area contributed by atoms with E-state index < -0.39 is 0 Å². The lowest BCUT2D eigenvalue weighted by Crippen LogP contribution is -2.23. The molecule has 148 valence electrons. The van der Waals surface area contributed by atoms with Crippen molar-refractivity contribution in [3.8, 4) is 5.40 Å². The van der Waals surface area contributed by atoms with Gasteiger partial charge in [0.2, 0.25) is 0 Å². The van der Waals surface area contributed by atoms with E-state index in [1.807, 2.05) is 23.6 Å². The third-order valence-corrected chi connectivity index (χ3v) is 7.66. The molecule has 6 heteroatoms. The third-order valence-electron chi connectivity index (χ3n) is 4.82. The summed E-state index contributed by atoms with van der Waals surface area (Å²) >= 11 is 4.54. The maximum atomic E-state index is 8.37. The van der Waals surface area contributed by atoms with E-state index in [0.717, 1.165) is 14.9 Å². The van der Waals surface area contributed by atoms with Gasteiger partial charge in [-0.15, -0.1) is 23.7 Å². The van der Waals surface area contributed by atoms with Crippen LogP contribution < -0.4 is 0 Å². The summed E-state index contributed by atoms with van der Waals surface area (Å²) in [4.78, 5) is 4.44. The van der Waals surface area contributed by atoms with E-state index in [4.69, 9.17) is 5.26 Å². The predicted octanol–water partition coefficient (Wildman–Crippen LogP) is 7.59. The lowest BCUT2D eigenvalue weighted by molar-refractivity contribution is 0.432. The number of aromatic nitrogens is 1. The summed E-state index contributed by atoms with van der Waals surface area (Å²) in [6, 6.07) is 15.0. The summed E-state index contributed by atoms with van der Waals surface area (Å²) in [7, 11) is 0. The summed E-state index contributed by atoms with van der Waals surface area (Å²) in [5.41, 5.74) is 6.00. The molecular formula is C22H25ClN2S3. The molecule has 1 aromatic heterocycles. The molecule has 0 amide bonds. The van der Waals surface area contributed by atoms with Crippen LogP contribution in [0.2, 0.25) is 0 Å². The standard InChI is InChI=1S/C13H18.C9H6N2S3.ClH/c1-10-6-7-12-11(9-10)5-4-8-13(12,2)3;10-5-12-6-13-9-11-7-3-1-2-4-8(7)14-9;/h6-7,9H,4-5,8H2,1-3H3;1-4H,6H2;1H. The highest BCUT2D eigenvalue weighted by atomic mass is 35.5. The molecule has 0 radical (unpaired) electrons.